The SMILES string of the molecule is O=S1(=O)CCn2cc(C3COCCN3)nc21. The van der Waals surface area contributed by atoms with E-state index >= 15 is 0 Å². The first kappa shape index (κ1) is 10.2. The Bertz CT molecular complexity index is 502. The molecule has 0 saturated carbocycles. The van der Waals surface area contributed by atoms with Crippen LogP contribution in [0, 0.1) is 0 Å². The van der Waals surface area contributed by atoms with Gasteiger partial charge in [0.2, 0.25) is 15.0 Å². The van der Waals surface area contributed by atoms with Crippen molar-refractivity contribution in [2.24, 2.45) is 0 Å². The Hall–Kier alpha value is -0.920. The van der Waals surface area contributed by atoms with Crippen LogP contribution in [-0.4, -0.2) is 43.5 Å². The summed E-state index contributed by atoms with van der Waals surface area (Å²) in [4.78, 5) is 4.20. The van der Waals surface area contributed by atoms with Crippen molar-refractivity contribution in [2.75, 3.05) is 25.5 Å². The molecule has 3 heterocycles. The summed E-state index contributed by atoms with van der Waals surface area (Å²) in [5.74, 6) is 0.171. The fraction of sp³-hybridized carbons (Fsp3) is 0.667. The van der Waals surface area contributed by atoms with E-state index in [0.717, 1.165) is 12.2 Å². The number of hydrogen-bond donors (Lipinski definition) is 1. The van der Waals surface area contributed by atoms with Gasteiger partial charge in [-0.05, 0) is 0 Å². The topological polar surface area (TPSA) is 73.2 Å². The second-order valence-electron chi connectivity index (χ2n) is 4.04. The molecule has 1 fully saturated rings. The molecule has 0 amide bonds. The molecule has 0 bridgehead atoms. The Balaban J connectivity index is 1.94. The highest BCUT2D eigenvalue weighted by atomic mass is 32.2. The molecule has 7 heteroatoms. The average Bonchev–Trinajstić information content (AvgIpc) is 2.82. The van der Waals surface area contributed by atoms with E-state index in [0.29, 0.717) is 19.8 Å². The Labute approximate surface area is 93.5 Å². The van der Waals surface area contributed by atoms with Crippen molar-refractivity contribution in [3.8, 4) is 0 Å². The van der Waals surface area contributed by atoms with Crippen LogP contribution in [0.3, 0.4) is 0 Å². The lowest BCUT2D eigenvalue weighted by Crippen LogP contribution is -2.34. The number of imidazole rings is 1. The average molecular weight is 243 g/mol. The maximum atomic E-state index is 11.6. The van der Waals surface area contributed by atoms with Gasteiger partial charge in [0.15, 0.2) is 0 Å². The number of sulfone groups is 1. The van der Waals surface area contributed by atoms with Gasteiger partial charge >= 0.3 is 0 Å². The van der Waals surface area contributed by atoms with E-state index in [2.05, 4.69) is 10.3 Å². The molecule has 6 nitrogen and oxygen atoms in total. The van der Waals surface area contributed by atoms with Crippen LogP contribution in [0.15, 0.2) is 11.4 Å². The standard InChI is InChI=1S/C9H13N3O3S/c13-16(14)4-2-12-5-7(11-9(12)16)8-6-15-3-1-10-8/h5,8,10H,1-4,6H2. The van der Waals surface area contributed by atoms with Crippen LogP contribution in [0.5, 0.6) is 0 Å². The number of morpholine rings is 1. The van der Waals surface area contributed by atoms with Crippen LogP contribution >= 0.6 is 0 Å². The molecule has 1 aromatic rings. The first-order valence-corrected chi connectivity index (χ1v) is 6.93. The first-order chi connectivity index (χ1) is 7.67. The second kappa shape index (κ2) is 3.54. The molecular formula is C9H13N3O3S. The van der Waals surface area contributed by atoms with Gasteiger partial charge in [0.1, 0.15) is 0 Å². The third-order valence-electron chi connectivity index (χ3n) is 2.92. The normalized spacial score (nSPS) is 27.9. The van der Waals surface area contributed by atoms with Crippen molar-refractivity contribution in [1.29, 1.82) is 0 Å². The molecule has 0 aliphatic carbocycles. The number of rotatable bonds is 1. The predicted octanol–water partition coefficient (Wildman–Crippen LogP) is -0.669. The lowest BCUT2D eigenvalue weighted by Gasteiger charge is -2.22. The molecule has 16 heavy (non-hydrogen) atoms. The lowest BCUT2D eigenvalue weighted by molar-refractivity contribution is 0.0756. The summed E-state index contributed by atoms with van der Waals surface area (Å²) in [5, 5.41) is 3.46. The van der Waals surface area contributed by atoms with Crippen LogP contribution < -0.4 is 5.32 Å². The van der Waals surface area contributed by atoms with Crippen LogP contribution in [-0.2, 0) is 21.1 Å². The molecule has 0 spiro atoms. The molecule has 3 rings (SSSR count). The summed E-state index contributed by atoms with van der Waals surface area (Å²) < 4.78 is 30.3. The monoisotopic (exact) mass is 243 g/mol. The van der Waals surface area contributed by atoms with Crippen molar-refractivity contribution < 1.29 is 13.2 Å². The van der Waals surface area contributed by atoms with Gasteiger partial charge in [0.25, 0.3) is 0 Å². The van der Waals surface area contributed by atoms with Crippen molar-refractivity contribution in [3.05, 3.63) is 11.9 Å². The highest BCUT2D eigenvalue weighted by Gasteiger charge is 2.31. The Morgan fingerprint density at radius 2 is 2.44 bits per heavy atom. The number of aromatic nitrogens is 2. The van der Waals surface area contributed by atoms with E-state index in [4.69, 9.17) is 4.74 Å². The zero-order valence-corrected chi connectivity index (χ0v) is 9.53. The van der Waals surface area contributed by atoms with Crippen LogP contribution in [0.4, 0.5) is 0 Å². The van der Waals surface area contributed by atoms with Gasteiger partial charge in [-0.1, -0.05) is 0 Å². The lowest BCUT2D eigenvalue weighted by atomic mass is 10.2. The number of nitrogens with one attached hydrogen (secondary N) is 1. The molecule has 0 radical (unpaired) electrons. The molecule has 0 aromatic carbocycles. The number of fused-ring (bicyclic) bond motifs is 1. The molecular weight excluding hydrogens is 230 g/mol. The van der Waals surface area contributed by atoms with Gasteiger partial charge in [0.05, 0.1) is 30.7 Å². The molecule has 1 aromatic heterocycles. The van der Waals surface area contributed by atoms with Crippen LogP contribution in [0.25, 0.3) is 0 Å². The summed E-state index contributed by atoms with van der Waals surface area (Å²) in [7, 11) is -3.14. The fourth-order valence-electron chi connectivity index (χ4n) is 2.06. The summed E-state index contributed by atoms with van der Waals surface area (Å²) in [6, 6.07) is 0.0158. The molecule has 2 aliphatic heterocycles. The number of hydrogen-bond acceptors (Lipinski definition) is 5. The van der Waals surface area contributed by atoms with Gasteiger partial charge in [-0.3, -0.25) is 0 Å². The van der Waals surface area contributed by atoms with Gasteiger partial charge in [-0.25, -0.2) is 13.4 Å². The fourth-order valence-corrected chi connectivity index (χ4v) is 3.43. The molecule has 2 aliphatic rings. The smallest absolute Gasteiger partial charge is 0.228 e. The second-order valence-corrected chi connectivity index (χ2v) is 6.05. The minimum absolute atomic E-state index is 0.0158. The van der Waals surface area contributed by atoms with E-state index in [9.17, 15) is 8.42 Å². The zero-order chi connectivity index (χ0) is 11.2. The van der Waals surface area contributed by atoms with Gasteiger partial charge in [-0.2, -0.15) is 0 Å². The number of aryl methyl sites for hydroxylation is 1. The maximum Gasteiger partial charge on any atom is 0.228 e. The van der Waals surface area contributed by atoms with E-state index in [-0.39, 0.29) is 17.0 Å². The summed E-state index contributed by atoms with van der Waals surface area (Å²) in [6.07, 6.45) is 1.81. The largest absolute Gasteiger partial charge is 0.378 e. The van der Waals surface area contributed by atoms with Crippen LogP contribution in [0.1, 0.15) is 11.7 Å². The number of ether oxygens (including phenoxy) is 1. The van der Waals surface area contributed by atoms with E-state index in [1.807, 2.05) is 6.20 Å². The van der Waals surface area contributed by atoms with Crippen molar-refractivity contribution >= 4 is 9.84 Å². The Kier molecular flexibility index (Phi) is 2.27. The van der Waals surface area contributed by atoms with Gasteiger partial charge in [-0.15, -0.1) is 0 Å². The zero-order valence-electron chi connectivity index (χ0n) is 8.72. The minimum Gasteiger partial charge on any atom is -0.378 e. The molecule has 1 atom stereocenters. The quantitative estimate of drug-likeness (QED) is 0.708. The van der Waals surface area contributed by atoms with Crippen molar-refractivity contribution in [2.45, 2.75) is 17.7 Å². The molecule has 1 N–H and O–H groups in total. The highest BCUT2D eigenvalue weighted by molar-refractivity contribution is 7.91. The van der Waals surface area contributed by atoms with E-state index in [1.165, 1.54) is 0 Å². The molecule has 88 valence electrons. The van der Waals surface area contributed by atoms with Gasteiger partial charge in [0, 0.05) is 19.3 Å². The summed E-state index contributed by atoms with van der Waals surface area (Å²) >= 11 is 0. The van der Waals surface area contributed by atoms with E-state index < -0.39 is 9.84 Å². The highest BCUT2D eigenvalue weighted by Crippen LogP contribution is 2.22. The molecule has 1 saturated heterocycles. The van der Waals surface area contributed by atoms with Crippen molar-refractivity contribution in [1.82, 2.24) is 14.9 Å². The summed E-state index contributed by atoms with van der Waals surface area (Å²) in [6.45, 7) is 2.54. The minimum atomic E-state index is -3.14. The van der Waals surface area contributed by atoms with Gasteiger partial charge < -0.3 is 14.6 Å². The predicted molar refractivity (Wildman–Crippen MR) is 55.8 cm³/mol. The summed E-state index contributed by atoms with van der Waals surface area (Å²) in [5.41, 5.74) is 0.762. The maximum absolute atomic E-state index is 11.6. The van der Waals surface area contributed by atoms with Crippen LogP contribution in [0.2, 0.25) is 0 Å². The number of nitrogens with zero attached hydrogens (tertiary/aromatic N) is 2. The Morgan fingerprint density at radius 3 is 3.12 bits per heavy atom. The molecule has 1 unspecified atom stereocenters. The Morgan fingerprint density at radius 1 is 1.56 bits per heavy atom. The van der Waals surface area contributed by atoms with Crippen molar-refractivity contribution in [3.63, 3.8) is 0 Å². The first-order valence-electron chi connectivity index (χ1n) is 5.28. The third-order valence-corrected chi connectivity index (χ3v) is 4.52. The van der Waals surface area contributed by atoms with E-state index in [1.54, 1.807) is 4.57 Å². The third kappa shape index (κ3) is 1.55.